The van der Waals surface area contributed by atoms with Crippen LogP contribution in [0.4, 0.5) is 0 Å². The van der Waals surface area contributed by atoms with E-state index in [4.69, 9.17) is 98.1 Å². The second-order valence-electron chi connectivity index (χ2n) is 33.9. The molecule has 64 nitrogen and oxygen atoms in total. The van der Waals surface area contributed by atoms with Gasteiger partial charge in [0.05, 0.1) is 34.5 Å². The molecule has 0 rings (SSSR count). The van der Waals surface area contributed by atoms with Gasteiger partial charge in [-0.05, 0) is 66.2 Å². The predicted octanol–water partition coefficient (Wildman–Crippen LogP) is -4.95. The molecule has 0 aliphatic heterocycles. The van der Waals surface area contributed by atoms with Crippen molar-refractivity contribution in [2.24, 2.45) is 0 Å². The van der Waals surface area contributed by atoms with Crippen LogP contribution in [0.25, 0.3) is 0 Å². The van der Waals surface area contributed by atoms with Crippen LogP contribution in [0.2, 0.25) is 116 Å². The average molecular weight is 2660 g/mol. The third-order valence-electron chi connectivity index (χ3n) is 17.6. The lowest BCUT2D eigenvalue weighted by Crippen LogP contribution is -2.66. The topological polar surface area (TPSA) is 1050 Å². The van der Waals surface area contributed by atoms with E-state index in [0.717, 1.165) is 13.1 Å². The fourth-order valence-corrected chi connectivity index (χ4v) is 78.5. The Morgan fingerprint density at radius 3 is 0.497 bits per heavy atom. The third-order valence-corrected chi connectivity index (χ3v) is 82.4. The molecule has 904 valence electrons. The fraction of sp³-hybridized carbons (Fsp3) is 1.00. The molecule has 0 aliphatic rings. The van der Waals surface area contributed by atoms with Crippen molar-refractivity contribution in [1.29, 1.82) is 0 Å². The lowest BCUT2D eigenvalue weighted by Gasteiger charge is -2.42. The first-order valence-corrected chi connectivity index (χ1v) is 96.9. The number of rotatable bonds is 82. The summed E-state index contributed by atoms with van der Waals surface area (Å²) in [6.07, 6.45) is 1.12. The summed E-state index contributed by atoms with van der Waals surface area (Å²) < 4.78 is 286. The molecular weight excluding hydrogens is 2490 g/mol. The first-order chi connectivity index (χ1) is 66.7. The minimum atomic E-state index is -5.35. The van der Waals surface area contributed by atoms with Crippen molar-refractivity contribution in [3.05, 3.63) is 0 Å². The molecule has 2 atom stereocenters. The molecule has 0 saturated carbocycles. The molecule has 149 heavy (non-hydrogen) atoms. The van der Waals surface area contributed by atoms with Gasteiger partial charge >= 0.3 is 176 Å². The van der Waals surface area contributed by atoms with Gasteiger partial charge in [0.1, 0.15) is 0 Å². The van der Waals surface area contributed by atoms with Crippen molar-refractivity contribution >= 4 is 237 Å². The zero-order valence-electron chi connectivity index (χ0n) is 86.6. The van der Waals surface area contributed by atoms with Gasteiger partial charge in [-0.2, -0.15) is 50.5 Å². The summed E-state index contributed by atoms with van der Waals surface area (Å²) >= 11 is 0. The van der Waals surface area contributed by atoms with E-state index in [1.54, 1.807) is 83.1 Å². The molecule has 0 radical (unpaired) electrons. The van der Waals surface area contributed by atoms with Crippen LogP contribution in [0.15, 0.2) is 0 Å². The van der Waals surface area contributed by atoms with Gasteiger partial charge in [0, 0.05) is 143 Å². The van der Waals surface area contributed by atoms with E-state index in [2.05, 4.69) is 4.12 Å². The average Bonchev–Trinajstić information content (AvgIpc) is 0.821. The van der Waals surface area contributed by atoms with Crippen LogP contribution < -0.4 is 0 Å². The predicted molar refractivity (Wildman–Crippen MR) is 561 cm³/mol. The van der Waals surface area contributed by atoms with E-state index in [1.807, 2.05) is 13.8 Å². The first-order valence-electron chi connectivity index (χ1n) is 47.0. The zero-order valence-corrected chi connectivity index (χ0v) is 111. The van der Waals surface area contributed by atoms with E-state index in [1.165, 1.54) is 6.55 Å². The van der Waals surface area contributed by atoms with Gasteiger partial charge in [0.2, 0.25) is 0 Å². The second-order valence-corrected chi connectivity index (χ2v) is 94.4. The minimum Gasteiger partial charge on any atom is -0.390 e. The van der Waals surface area contributed by atoms with Crippen molar-refractivity contribution in [2.75, 3.05) is 60.9 Å². The molecule has 0 aromatic carbocycles. The largest absolute Gasteiger partial charge is 0.654 e. The van der Waals surface area contributed by atoms with Gasteiger partial charge in [0.15, 0.2) is 0 Å². The smallest absolute Gasteiger partial charge is 0.390 e. The molecule has 0 aromatic heterocycles. The lowest BCUT2D eigenvalue weighted by molar-refractivity contribution is 0.0428. The Bertz CT molecular complexity index is 4050. The van der Waals surface area contributed by atoms with Crippen LogP contribution in [0.5, 0.6) is 0 Å². The normalized spacial score (nSPS) is 15.4. The molecule has 0 bridgehead atoms. The number of hydrogen-bond acceptors (Lipinski definition) is 58. The van der Waals surface area contributed by atoms with Crippen molar-refractivity contribution in [3.8, 4) is 0 Å². The quantitative estimate of drug-likeness (QED) is 0.0200. The molecule has 0 aliphatic carbocycles. The molecule has 33 N–H and O–H groups in total. The van der Waals surface area contributed by atoms with Crippen LogP contribution >= 0.6 is 0 Å². The molecule has 0 amide bonds. The summed E-state index contributed by atoms with van der Waals surface area (Å²) in [5.41, 5.74) is 0. The van der Waals surface area contributed by atoms with Gasteiger partial charge < -0.3 is 209 Å². The minimum absolute atomic E-state index is 0.000230. The maximum Gasteiger partial charge on any atom is 0.654 e. The van der Waals surface area contributed by atoms with E-state index in [-0.39, 0.29) is 138 Å². The van der Waals surface area contributed by atoms with Crippen molar-refractivity contribution < 1.29 is 287 Å². The summed E-state index contributed by atoms with van der Waals surface area (Å²) in [6, 6.07) is -4.67. The van der Waals surface area contributed by atoms with E-state index in [0.29, 0.717) is 38.5 Å². The van der Waals surface area contributed by atoms with E-state index >= 15 is 0 Å². The summed E-state index contributed by atoms with van der Waals surface area (Å²) in [5.74, 6) is -4.55. The number of hydrogen-bond donors (Lipinski definition) is 33. The fourth-order valence-electron chi connectivity index (χ4n) is 12.7. The standard InChI is InChI=1S/C18H46O12SSi4.C12H34O15S2Si4.2C10H30O12SSi4.C9H28O13SSi4/c1-8-16-33(22,24-10-3)28-32(7,29-34(23,17-9-2)25-11-4)30-35(26-12-5,27-13-6)18-14-15-31(19,20)21;1-3-9-30(19,20)25-33(12-6-8-29(16,17)18,26-31(21,22)10-4-2)27-32(23,24)11-5-7-28(13,14)15;2*1-4-8-25(14,15)20-24(3,21-26(16,17)9-5-2)22-27(18,19)10-6-7-23(11,12)13;1-3-7-24(13,14)20-27(19,21-25(15,16)8-4-2)22-26(17,18)9-5-6-23(10,11)12/h22-23H,8-18H2,1-7H3,(H,19,20,21);19-24H,3-12H2,1-2H3,(H,13,14,15)(H,16,17,18);2*14-19H,4-10H2,1-3H3,(H,11,12,13);13-19H,3-9H2,1-2H3,(H,10,11,12). The monoisotopic (exact) mass is 2650 g/mol. The summed E-state index contributed by atoms with van der Waals surface area (Å²) in [7, 11) is -115. The van der Waals surface area contributed by atoms with Gasteiger partial charge in [-0.15, -0.1) is 0 Å². The highest BCUT2D eigenvalue weighted by Gasteiger charge is 2.65. The van der Waals surface area contributed by atoms with Crippen LogP contribution in [0.1, 0.15) is 200 Å². The third kappa shape index (κ3) is 85.5. The lowest BCUT2D eigenvalue weighted by atomic mass is 10.6. The van der Waals surface area contributed by atoms with Crippen molar-refractivity contribution in [1.82, 2.24) is 0 Å². The van der Waals surface area contributed by atoms with Crippen molar-refractivity contribution in [3.63, 3.8) is 0 Å². The second kappa shape index (κ2) is 69.4. The van der Waals surface area contributed by atoms with Gasteiger partial charge in [0.25, 0.3) is 60.7 Å². The molecule has 2 unspecified atom stereocenters. The van der Waals surface area contributed by atoms with Crippen LogP contribution in [-0.4, -0.2) is 445 Å². The molecule has 0 heterocycles. The molecule has 0 saturated heterocycles. The van der Waals surface area contributed by atoms with E-state index in [9.17, 15) is 185 Å². The maximum absolute atomic E-state index is 11.3. The highest BCUT2D eigenvalue weighted by atomic mass is 32.2. The molecule has 0 aromatic rings. The summed E-state index contributed by atoms with van der Waals surface area (Å²) in [4.78, 5) is 274. The van der Waals surface area contributed by atoms with Crippen LogP contribution in [-0.2, 0) is 140 Å². The van der Waals surface area contributed by atoms with Crippen molar-refractivity contribution in [2.45, 2.75) is 316 Å². The molecule has 90 heteroatoms. The van der Waals surface area contributed by atoms with Gasteiger partial charge in [-0.1, -0.05) is 133 Å². The SMILES string of the molecule is CCC[Si](O)(O)O[Si](C)(O[Si](O)(O)CCC)O[Si](O)(O)CCCS(=O)(=O)O.CCC[Si](O)(O)O[Si](C)(O[Si](O)(O)CCC)O[Si](O)(O)CCCS(=O)(=O)O.CCC[Si](O)(O)O[Si](CCCS(=O)(=O)O)(O[Si](O)(O)CCC)O[Si](O)(O)CCCS(=O)(=O)O.CCC[Si](O)(O)O[Si](O)(O[Si](O)(O)CCC)O[Si](O)(O)CCCS(=O)(=O)O.CCC[Si](O)(OCC)O[Si](C)(O[Si](O)(CCC)OCC)O[Si](CCCS(=O)(=O)O)(OCC)OCC. The highest BCUT2D eigenvalue weighted by molar-refractivity contribution is 7.87. The van der Waals surface area contributed by atoms with Gasteiger partial charge in [-0.25, -0.2) is 0 Å². The maximum atomic E-state index is 11.3. The first kappa shape index (κ1) is 159. The van der Waals surface area contributed by atoms with Crippen LogP contribution in [0, 0.1) is 0 Å². The Morgan fingerprint density at radius 2 is 0.315 bits per heavy atom. The van der Waals surface area contributed by atoms with Crippen LogP contribution in [0.3, 0.4) is 0 Å². The Kier molecular flexibility index (Phi) is 74.2. The Morgan fingerprint density at radius 1 is 0.168 bits per heavy atom. The Balaban J connectivity index is -0.000000582. The Labute approximate surface area is 893 Å². The zero-order chi connectivity index (χ0) is 118. The molecule has 0 fully saturated rings. The highest BCUT2D eigenvalue weighted by Crippen LogP contribution is 2.37. The van der Waals surface area contributed by atoms with Gasteiger partial charge in [-0.3, -0.25) is 27.3 Å². The molecule has 0 spiro atoms. The Hall–Kier alpha value is 1.96. The summed E-state index contributed by atoms with van der Waals surface area (Å²) in [5, 5.41) is 0. The summed E-state index contributed by atoms with van der Waals surface area (Å²) in [6.45, 7) is 28.0. The van der Waals surface area contributed by atoms with E-state index < -0.39 is 321 Å². The molecular formula is C59H168O64S6Si20.